The summed E-state index contributed by atoms with van der Waals surface area (Å²) in [7, 11) is 1.50. The number of carbonyl (C=O) groups excluding carboxylic acids is 1. The van der Waals surface area contributed by atoms with Gasteiger partial charge in [0.25, 0.3) is 5.89 Å². The molecule has 0 fully saturated rings. The van der Waals surface area contributed by atoms with Crippen LogP contribution in [0.2, 0.25) is 5.02 Å². The molecular weight excluding hydrogens is 354 g/mol. The second-order valence-electron chi connectivity index (χ2n) is 4.71. The summed E-state index contributed by atoms with van der Waals surface area (Å²) in [5, 5.41) is 8.87. The van der Waals surface area contributed by atoms with E-state index in [0.717, 1.165) is 4.68 Å². The Balaban J connectivity index is 1.71. The zero-order chi connectivity index (χ0) is 17.1. The number of halogens is 1. The van der Waals surface area contributed by atoms with Gasteiger partial charge in [-0.3, -0.25) is 4.79 Å². The summed E-state index contributed by atoms with van der Waals surface area (Å²) in [4.78, 5) is 24.6. The first-order valence-corrected chi connectivity index (χ1v) is 8.08. The Labute approximate surface area is 145 Å². The predicted molar refractivity (Wildman–Crippen MR) is 90.7 cm³/mol. The minimum atomic E-state index is -0.693. The Hall–Kier alpha value is -2.58. The maximum atomic E-state index is 12.1. The number of hydrogen-bond acceptors (Lipinski definition) is 6. The first-order valence-electron chi connectivity index (χ1n) is 6.82. The number of anilines is 1. The van der Waals surface area contributed by atoms with Crippen LogP contribution in [0.1, 0.15) is 0 Å². The van der Waals surface area contributed by atoms with Crippen LogP contribution in [0.4, 0.5) is 5.69 Å². The molecule has 0 bridgehead atoms. The van der Waals surface area contributed by atoms with E-state index in [1.54, 1.807) is 24.3 Å². The summed E-state index contributed by atoms with van der Waals surface area (Å²) in [6, 6.07) is 8.43. The topological polar surface area (TPSA) is 86.4 Å². The number of nitrogens with zero attached hydrogens (tertiary/aromatic N) is 2. The summed E-state index contributed by atoms with van der Waals surface area (Å²) in [6.07, 6.45) is 0. The van der Waals surface area contributed by atoms with Crippen LogP contribution < -0.4 is 15.8 Å². The van der Waals surface area contributed by atoms with Gasteiger partial charge in [0.05, 0.1) is 17.0 Å². The number of benzene rings is 1. The molecule has 1 amide bonds. The summed E-state index contributed by atoms with van der Waals surface area (Å²) in [5.74, 6) is -0.427. The minimum absolute atomic E-state index is 0.190. The highest BCUT2D eigenvalue weighted by molar-refractivity contribution is 7.13. The van der Waals surface area contributed by atoms with E-state index in [1.165, 1.54) is 18.4 Å². The summed E-state index contributed by atoms with van der Waals surface area (Å²) in [5.41, 5.74) is 0.487. The van der Waals surface area contributed by atoms with Crippen LogP contribution in [0.15, 0.2) is 44.9 Å². The monoisotopic (exact) mass is 365 g/mol. The largest absolute Gasteiger partial charge is 0.495 e. The fourth-order valence-electron chi connectivity index (χ4n) is 1.99. The van der Waals surface area contributed by atoms with Crippen molar-refractivity contribution >= 4 is 34.5 Å². The Kier molecular flexibility index (Phi) is 4.68. The number of aromatic nitrogens is 2. The van der Waals surface area contributed by atoms with Crippen molar-refractivity contribution in [1.29, 1.82) is 0 Å². The molecule has 0 saturated heterocycles. The van der Waals surface area contributed by atoms with Gasteiger partial charge in [0.15, 0.2) is 0 Å². The van der Waals surface area contributed by atoms with Crippen LogP contribution in [0.5, 0.6) is 5.75 Å². The Morgan fingerprint density at radius 2 is 2.29 bits per heavy atom. The van der Waals surface area contributed by atoms with Crippen LogP contribution in [-0.2, 0) is 11.3 Å². The lowest BCUT2D eigenvalue weighted by atomic mass is 10.3. The second-order valence-corrected chi connectivity index (χ2v) is 6.06. The number of nitrogens with one attached hydrogen (secondary N) is 1. The highest BCUT2D eigenvalue weighted by atomic mass is 35.5. The van der Waals surface area contributed by atoms with E-state index >= 15 is 0 Å². The Bertz CT molecular complexity index is 917. The molecule has 3 aromatic rings. The molecule has 0 aliphatic rings. The van der Waals surface area contributed by atoms with Gasteiger partial charge in [-0.15, -0.1) is 16.4 Å². The molecule has 0 saturated carbocycles. The molecule has 1 aromatic carbocycles. The number of carbonyl (C=O) groups is 1. The Morgan fingerprint density at radius 1 is 1.46 bits per heavy atom. The molecule has 24 heavy (non-hydrogen) atoms. The van der Waals surface area contributed by atoms with E-state index < -0.39 is 11.7 Å². The third-order valence-electron chi connectivity index (χ3n) is 3.07. The lowest BCUT2D eigenvalue weighted by molar-refractivity contribution is -0.117. The maximum absolute atomic E-state index is 12.1. The van der Waals surface area contributed by atoms with Gasteiger partial charge in [0, 0.05) is 5.69 Å². The average molecular weight is 366 g/mol. The van der Waals surface area contributed by atoms with Gasteiger partial charge in [0.1, 0.15) is 12.3 Å². The minimum Gasteiger partial charge on any atom is -0.495 e. The maximum Gasteiger partial charge on any atom is 0.437 e. The zero-order valence-electron chi connectivity index (χ0n) is 12.5. The van der Waals surface area contributed by atoms with Crippen molar-refractivity contribution in [3.63, 3.8) is 0 Å². The molecule has 9 heteroatoms. The normalized spacial score (nSPS) is 10.6. The van der Waals surface area contributed by atoms with E-state index in [4.69, 9.17) is 20.8 Å². The van der Waals surface area contributed by atoms with Gasteiger partial charge in [-0.1, -0.05) is 17.7 Å². The number of methoxy groups -OCH3 is 1. The quantitative estimate of drug-likeness (QED) is 0.751. The molecule has 2 heterocycles. The van der Waals surface area contributed by atoms with Crippen molar-refractivity contribution in [3.8, 4) is 16.5 Å². The molecule has 0 spiro atoms. The third kappa shape index (κ3) is 3.50. The van der Waals surface area contributed by atoms with E-state index in [0.29, 0.717) is 21.3 Å². The molecule has 0 atom stereocenters. The fourth-order valence-corrected chi connectivity index (χ4v) is 2.89. The van der Waals surface area contributed by atoms with E-state index in [2.05, 4.69) is 10.4 Å². The number of hydrogen-bond donors (Lipinski definition) is 1. The van der Waals surface area contributed by atoms with Crippen LogP contribution in [-0.4, -0.2) is 22.8 Å². The molecule has 0 aliphatic carbocycles. The summed E-state index contributed by atoms with van der Waals surface area (Å²) < 4.78 is 11.1. The van der Waals surface area contributed by atoms with Crippen molar-refractivity contribution in [2.45, 2.75) is 6.54 Å². The summed E-state index contributed by atoms with van der Waals surface area (Å²) in [6.45, 7) is -0.267. The van der Waals surface area contributed by atoms with Crippen LogP contribution in [0.3, 0.4) is 0 Å². The van der Waals surface area contributed by atoms with Crippen molar-refractivity contribution in [2.24, 2.45) is 0 Å². The molecule has 2 aromatic heterocycles. The molecule has 0 unspecified atom stereocenters. The van der Waals surface area contributed by atoms with Gasteiger partial charge in [-0.05, 0) is 29.6 Å². The molecule has 3 rings (SSSR count). The summed E-state index contributed by atoms with van der Waals surface area (Å²) >= 11 is 7.39. The van der Waals surface area contributed by atoms with Gasteiger partial charge >= 0.3 is 5.76 Å². The number of rotatable bonds is 5. The first kappa shape index (κ1) is 16.3. The molecule has 124 valence electrons. The highest BCUT2D eigenvalue weighted by Crippen LogP contribution is 2.27. The third-order valence-corrected chi connectivity index (χ3v) is 4.22. The SMILES string of the molecule is COc1ccc(NC(=O)Cn2nc(-c3cccs3)oc2=O)cc1Cl. The molecule has 0 aliphatic heterocycles. The van der Waals surface area contributed by atoms with Gasteiger partial charge in [-0.2, -0.15) is 4.68 Å². The Morgan fingerprint density at radius 3 is 2.96 bits per heavy atom. The van der Waals surface area contributed by atoms with Gasteiger partial charge in [-0.25, -0.2) is 4.79 Å². The number of thiophene rings is 1. The smallest absolute Gasteiger partial charge is 0.437 e. The van der Waals surface area contributed by atoms with Crippen molar-refractivity contribution < 1.29 is 13.9 Å². The van der Waals surface area contributed by atoms with Crippen molar-refractivity contribution in [2.75, 3.05) is 12.4 Å². The molecule has 1 N–H and O–H groups in total. The molecular formula is C15H12ClN3O4S. The number of ether oxygens (including phenoxy) is 1. The van der Waals surface area contributed by atoms with Gasteiger partial charge < -0.3 is 14.5 Å². The standard InChI is InChI=1S/C15H12ClN3O4S/c1-22-11-5-4-9(7-10(11)16)17-13(20)8-19-15(21)23-14(18-19)12-3-2-6-24-12/h2-7H,8H2,1H3,(H,17,20). The van der Waals surface area contributed by atoms with E-state index in [-0.39, 0.29) is 12.4 Å². The van der Waals surface area contributed by atoms with E-state index in [9.17, 15) is 9.59 Å². The van der Waals surface area contributed by atoms with Crippen molar-refractivity contribution in [3.05, 3.63) is 51.3 Å². The fraction of sp³-hybridized carbons (Fsp3) is 0.133. The zero-order valence-corrected chi connectivity index (χ0v) is 14.1. The van der Waals surface area contributed by atoms with Crippen LogP contribution in [0.25, 0.3) is 10.8 Å². The lowest BCUT2D eigenvalue weighted by Crippen LogP contribution is -2.25. The lowest BCUT2D eigenvalue weighted by Gasteiger charge is -2.07. The predicted octanol–water partition coefficient (Wildman–Crippen LogP) is 2.87. The first-order chi connectivity index (χ1) is 11.6. The highest BCUT2D eigenvalue weighted by Gasteiger charge is 2.14. The van der Waals surface area contributed by atoms with Crippen LogP contribution >= 0.6 is 22.9 Å². The second kappa shape index (κ2) is 6.90. The average Bonchev–Trinajstić information content (AvgIpc) is 3.18. The van der Waals surface area contributed by atoms with E-state index in [1.807, 2.05) is 11.4 Å². The molecule has 0 radical (unpaired) electrons. The van der Waals surface area contributed by atoms with Crippen LogP contribution in [0, 0.1) is 0 Å². The van der Waals surface area contributed by atoms with Gasteiger partial charge in [0.2, 0.25) is 5.91 Å². The molecule has 7 nitrogen and oxygen atoms in total. The van der Waals surface area contributed by atoms with Crippen molar-refractivity contribution in [1.82, 2.24) is 9.78 Å². The number of amides is 1.